The third-order valence-electron chi connectivity index (χ3n) is 2.43. The Hall–Kier alpha value is -1.36. The second-order valence-corrected chi connectivity index (χ2v) is 5.05. The number of rotatable bonds is 2. The van der Waals surface area contributed by atoms with Gasteiger partial charge in [-0.1, -0.05) is 34.8 Å². The zero-order valence-electron chi connectivity index (χ0n) is 9.68. The van der Waals surface area contributed by atoms with E-state index in [-0.39, 0.29) is 20.8 Å². The van der Waals surface area contributed by atoms with Gasteiger partial charge < -0.3 is 5.32 Å². The highest BCUT2D eigenvalue weighted by molar-refractivity contribution is 6.44. The predicted octanol–water partition coefficient (Wildman–Crippen LogP) is 5.18. The van der Waals surface area contributed by atoms with Crippen LogP contribution in [0.1, 0.15) is 10.4 Å². The number of hydrogen-bond donors (Lipinski definition) is 1. The summed E-state index contributed by atoms with van der Waals surface area (Å²) in [6.45, 7) is 0. The van der Waals surface area contributed by atoms with Crippen LogP contribution in [0.15, 0.2) is 30.3 Å². The zero-order valence-corrected chi connectivity index (χ0v) is 12.0. The van der Waals surface area contributed by atoms with Crippen LogP contribution < -0.4 is 5.32 Å². The van der Waals surface area contributed by atoms with Crippen LogP contribution in [0, 0.1) is 11.6 Å². The summed E-state index contributed by atoms with van der Waals surface area (Å²) in [7, 11) is 0. The first-order chi connectivity index (χ1) is 9.38. The molecular weight excluding hydrogens is 331 g/mol. The van der Waals surface area contributed by atoms with Gasteiger partial charge in [0.25, 0.3) is 5.91 Å². The quantitative estimate of drug-likeness (QED) is 0.752. The van der Waals surface area contributed by atoms with Gasteiger partial charge in [0.05, 0.1) is 26.3 Å². The maximum Gasteiger partial charge on any atom is 0.258 e. The normalized spacial score (nSPS) is 10.4. The van der Waals surface area contributed by atoms with Crippen molar-refractivity contribution >= 4 is 46.4 Å². The summed E-state index contributed by atoms with van der Waals surface area (Å²) in [5, 5.41) is 2.86. The molecule has 0 spiro atoms. The number of nitrogens with one attached hydrogen (secondary N) is 1. The fourth-order valence-corrected chi connectivity index (χ4v) is 2.07. The molecule has 1 amide bonds. The minimum atomic E-state index is -0.847. The number of halogens is 5. The van der Waals surface area contributed by atoms with E-state index in [0.717, 1.165) is 18.2 Å². The second-order valence-electron chi connectivity index (χ2n) is 3.82. The van der Waals surface area contributed by atoms with Crippen LogP contribution in [0.25, 0.3) is 0 Å². The molecular formula is C13H6Cl3F2NO. The van der Waals surface area contributed by atoms with Crippen molar-refractivity contribution in [2.75, 3.05) is 5.32 Å². The Kier molecular flexibility index (Phi) is 4.48. The van der Waals surface area contributed by atoms with Crippen molar-refractivity contribution in [1.82, 2.24) is 0 Å². The smallest absolute Gasteiger partial charge is 0.258 e. The van der Waals surface area contributed by atoms with Crippen molar-refractivity contribution in [2.45, 2.75) is 0 Å². The molecule has 104 valence electrons. The molecule has 1 N–H and O–H groups in total. The van der Waals surface area contributed by atoms with Gasteiger partial charge in [-0.3, -0.25) is 4.79 Å². The summed E-state index contributed by atoms with van der Waals surface area (Å²) in [4.78, 5) is 11.9. The van der Waals surface area contributed by atoms with E-state index in [1.165, 1.54) is 12.1 Å². The van der Waals surface area contributed by atoms with E-state index in [1.54, 1.807) is 0 Å². The molecule has 0 aromatic heterocycles. The monoisotopic (exact) mass is 335 g/mol. The van der Waals surface area contributed by atoms with Gasteiger partial charge in [-0.25, -0.2) is 8.78 Å². The van der Waals surface area contributed by atoms with E-state index in [2.05, 4.69) is 5.32 Å². The Labute approximate surface area is 128 Å². The first-order valence-corrected chi connectivity index (χ1v) is 6.43. The largest absolute Gasteiger partial charge is 0.320 e. The molecule has 0 atom stereocenters. The lowest BCUT2D eigenvalue weighted by atomic mass is 10.2. The zero-order chi connectivity index (χ0) is 14.9. The lowest BCUT2D eigenvalue weighted by Crippen LogP contribution is -2.14. The van der Waals surface area contributed by atoms with Crippen molar-refractivity contribution < 1.29 is 13.6 Å². The van der Waals surface area contributed by atoms with Gasteiger partial charge in [-0.15, -0.1) is 0 Å². The molecule has 0 heterocycles. The molecule has 0 aliphatic heterocycles. The van der Waals surface area contributed by atoms with Gasteiger partial charge in [0, 0.05) is 0 Å². The number of anilines is 1. The van der Waals surface area contributed by atoms with Crippen molar-refractivity contribution in [2.24, 2.45) is 0 Å². The molecule has 2 rings (SSSR count). The van der Waals surface area contributed by atoms with E-state index in [0.29, 0.717) is 0 Å². The van der Waals surface area contributed by atoms with E-state index in [4.69, 9.17) is 34.8 Å². The van der Waals surface area contributed by atoms with Gasteiger partial charge in [0.2, 0.25) is 0 Å². The molecule has 20 heavy (non-hydrogen) atoms. The summed E-state index contributed by atoms with van der Waals surface area (Å²) in [5.74, 6) is -2.42. The molecule has 0 aliphatic carbocycles. The third kappa shape index (κ3) is 3.20. The summed E-state index contributed by atoms with van der Waals surface area (Å²) in [6, 6.07) is 5.22. The Morgan fingerprint density at radius 1 is 0.950 bits per heavy atom. The SMILES string of the molecule is O=C(Nc1cc(Cl)c(Cl)cc1Cl)c1cc(F)ccc1F. The molecule has 0 radical (unpaired) electrons. The molecule has 0 bridgehead atoms. The van der Waals surface area contributed by atoms with Crippen molar-refractivity contribution in [3.05, 3.63) is 62.6 Å². The summed E-state index contributed by atoms with van der Waals surface area (Å²) >= 11 is 17.4. The highest BCUT2D eigenvalue weighted by Gasteiger charge is 2.15. The van der Waals surface area contributed by atoms with Gasteiger partial charge in [-0.05, 0) is 30.3 Å². The Bertz CT molecular complexity index is 692. The first-order valence-electron chi connectivity index (χ1n) is 5.29. The molecule has 0 unspecified atom stereocenters. The van der Waals surface area contributed by atoms with Gasteiger partial charge in [0.1, 0.15) is 11.6 Å². The fourth-order valence-electron chi connectivity index (χ4n) is 1.48. The molecule has 7 heteroatoms. The number of amides is 1. The number of benzene rings is 2. The van der Waals surface area contributed by atoms with Gasteiger partial charge in [-0.2, -0.15) is 0 Å². The number of hydrogen-bond acceptors (Lipinski definition) is 1. The van der Waals surface area contributed by atoms with Gasteiger partial charge in [0.15, 0.2) is 0 Å². The van der Waals surface area contributed by atoms with E-state index >= 15 is 0 Å². The highest BCUT2D eigenvalue weighted by Crippen LogP contribution is 2.32. The van der Waals surface area contributed by atoms with Crippen LogP contribution in [-0.2, 0) is 0 Å². The molecule has 0 saturated heterocycles. The van der Waals surface area contributed by atoms with Crippen molar-refractivity contribution in [3.63, 3.8) is 0 Å². The third-order valence-corrected chi connectivity index (χ3v) is 3.47. The first kappa shape index (κ1) is 15.0. The fraction of sp³-hybridized carbons (Fsp3) is 0. The van der Waals surface area contributed by atoms with Crippen LogP contribution in [0.5, 0.6) is 0 Å². The Balaban J connectivity index is 2.32. The van der Waals surface area contributed by atoms with E-state index in [9.17, 15) is 13.6 Å². The standard InChI is InChI=1S/C13H6Cl3F2NO/c14-8-4-10(16)12(5-9(8)15)19-13(20)7-3-6(17)1-2-11(7)18/h1-5H,(H,19,20). The highest BCUT2D eigenvalue weighted by atomic mass is 35.5. The van der Waals surface area contributed by atoms with Crippen LogP contribution >= 0.6 is 34.8 Å². The Morgan fingerprint density at radius 2 is 1.60 bits per heavy atom. The average molecular weight is 337 g/mol. The molecule has 2 aromatic carbocycles. The average Bonchev–Trinajstić information content (AvgIpc) is 2.38. The van der Waals surface area contributed by atoms with Crippen LogP contribution in [0.2, 0.25) is 15.1 Å². The molecule has 0 fully saturated rings. The lowest BCUT2D eigenvalue weighted by molar-refractivity contribution is 0.102. The number of carbonyl (C=O) groups excluding carboxylic acids is 1. The van der Waals surface area contributed by atoms with Crippen LogP contribution in [-0.4, -0.2) is 5.91 Å². The van der Waals surface area contributed by atoms with Crippen LogP contribution in [0.4, 0.5) is 14.5 Å². The Morgan fingerprint density at radius 3 is 2.30 bits per heavy atom. The summed E-state index contributed by atoms with van der Waals surface area (Å²) in [6.07, 6.45) is 0. The maximum absolute atomic E-state index is 13.5. The summed E-state index contributed by atoms with van der Waals surface area (Å²) < 4.78 is 26.5. The minimum Gasteiger partial charge on any atom is -0.320 e. The van der Waals surface area contributed by atoms with Crippen molar-refractivity contribution in [1.29, 1.82) is 0 Å². The second kappa shape index (κ2) is 5.95. The molecule has 0 saturated carbocycles. The van der Waals surface area contributed by atoms with E-state index in [1.807, 2.05) is 0 Å². The molecule has 2 aromatic rings. The maximum atomic E-state index is 13.5. The topological polar surface area (TPSA) is 29.1 Å². The minimum absolute atomic E-state index is 0.129. The number of carbonyl (C=O) groups is 1. The molecule has 0 aliphatic rings. The van der Waals surface area contributed by atoms with Gasteiger partial charge >= 0.3 is 0 Å². The molecule has 2 nitrogen and oxygen atoms in total. The lowest BCUT2D eigenvalue weighted by Gasteiger charge is -2.09. The predicted molar refractivity (Wildman–Crippen MR) is 75.8 cm³/mol. The van der Waals surface area contributed by atoms with Crippen LogP contribution in [0.3, 0.4) is 0 Å². The van der Waals surface area contributed by atoms with Crippen molar-refractivity contribution in [3.8, 4) is 0 Å². The van der Waals surface area contributed by atoms with E-state index < -0.39 is 23.1 Å². The summed E-state index contributed by atoms with van der Waals surface area (Å²) in [5.41, 5.74) is -0.290.